The molecule has 1 aromatic rings. The zero-order valence-electron chi connectivity index (χ0n) is 13.2. The zero-order valence-corrected chi connectivity index (χ0v) is 13.2. The molecule has 0 bridgehead atoms. The summed E-state index contributed by atoms with van der Waals surface area (Å²) in [5, 5.41) is 0. The largest absolute Gasteiger partial charge is 0.464 e. The highest BCUT2D eigenvalue weighted by Crippen LogP contribution is 2.27. The van der Waals surface area contributed by atoms with Crippen molar-refractivity contribution >= 4 is 11.9 Å². The maximum absolute atomic E-state index is 11.1. The predicted molar refractivity (Wildman–Crippen MR) is 82.1 cm³/mol. The SMILES string of the molecule is CC(=O)OCC1CCC(COC(C)=O)N1Cc1ccccc1. The highest BCUT2D eigenvalue weighted by molar-refractivity contribution is 5.66. The number of likely N-dealkylation sites (tertiary alicyclic amines) is 1. The number of ether oxygens (including phenoxy) is 2. The summed E-state index contributed by atoms with van der Waals surface area (Å²) in [4.78, 5) is 24.4. The molecule has 1 heterocycles. The summed E-state index contributed by atoms with van der Waals surface area (Å²) in [5.74, 6) is -0.522. The lowest BCUT2D eigenvalue weighted by Gasteiger charge is -2.29. The first-order valence-electron chi connectivity index (χ1n) is 7.62. The molecule has 1 aliphatic heterocycles. The average Bonchev–Trinajstić information content (AvgIpc) is 2.86. The fourth-order valence-corrected chi connectivity index (χ4v) is 2.85. The van der Waals surface area contributed by atoms with Gasteiger partial charge < -0.3 is 9.47 Å². The van der Waals surface area contributed by atoms with Gasteiger partial charge in [-0.2, -0.15) is 0 Å². The van der Waals surface area contributed by atoms with Crippen molar-refractivity contribution in [2.45, 2.75) is 45.3 Å². The molecule has 0 saturated carbocycles. The van der Waals surface area contributed by atoms with Gasteiger partial charge in [0.2, 0.25) is 0 Å². The molecule has 0 aliphatic carbocycles. The average molecular weight is 305 g/mol. The molecule has 1 fully saturated rings. The number of rotatable bonds is 6. The number of carbonyl (C=O) groups is 2. The molecule has 0 amide bonds. The number of carbonyl (C=O) groups excluding carboxylic acids is 2. The van der Waals surface area contributed by atoms with Gasteiger partial charge >= 0.3 is 11.9 Å². The quantitative estimate of drug-likeness (QED) is 0.754. The fourth-order valence-electron chi connectivity index (χ4n) is 2.85. The van der Waals surface area contributed by atoms with Gasteiger partial charge in [-0.25, -0.2) is 0 Å². The van der Waals surface area contributed by atoms with E-state index in [-0.39, 0.29) is 24.0 Å². The second-order valence-corrected chi connectivity index (χ2v) is 5.65. The lowest BCUT2D eigenvalue weighted by Crippen LogP contribution is -2.40. The molecule has 120 valence electrons. The lowest BCUT2D eigenvalue weighted by molar-refractivity contribution is -0.143. The van der Waals surface area contributed by atoms with Gasteiger partial charge in [0, 0.05) is 32.5 Å². The van der Waals surface area contributed by atoms with E-state index in [4.69, 9.17) is 9.47 Å². The zero-order chi connectivity index (χ0) is 15.9. The highest BCUT2D eigenvalue weighted by Gasteiger charge is 2.34. The Hall–Kier alpha value is -1.88. The molecule has 2 rings (SSSR count). The van der Waals surface area contributed by atoms with Crippen molar-refractivity contribution in [3.05, 3.63) is 35.9 Å². The Morgan fingerprint density at radius 1 is 1.00 bits per heavy atom. The number of nitrogens with zero attached hydrogens (tertiary/aromatic N) is 1. The van der Waals surface area contributed by atoms with Gasteiger partial charge in [0.25, 0.3) is 0 Å². The summed E-state index contributed by atoms with van der Waals surface area (Å²) in [6.45, 7) is 4.38. The molecule has 22 heavy (non-hydrogen) atoms. The van der Waals surface area contributed by atoms with Crippen LogP contribution in [0.3, 0.4) is 0 Å². The minimum Gasteiger partial charge on any atom is -0.464 e. The van der Waals surface area contributed by atoms with Crippen LogP contribution in [0.15, 0.2) is 30.3 Å². The number of esters is 2. The first-order valence-corrected chi connectivity index (χ1v) is 7.62. The number of benzene rings is 1. The number of hydrogen-bond acceptors (Lipinski definition) is 5. The molecular formula is C17H23NO4. The Morgan fingerprint density at radius 2 is 1.50 bits per heavy atom. The lowest BCUT2D eigenvalue weighted by atomic mass is 10.2. The predicted octanol–water partition coefficient (Wildman–Crippen LogP) is 2.15. The van der Waals surface area contributed by atoms with E-state index in [9.17, 15) is 9.59 Å². The maximum atomic E-state index is 11.1. The monoisotopic (exact) mass is 305 g/mol. The van der Waals surface area contributed by atoms with Crippen LogP contribution < -0.4 is 0 Å². The fraction of sp³-hybridized carbons (Fsp3) is 0.529. The Bertz CT molecular complexity index is 477. The first-order chi connectivity index (χ1) is 10.6. The van der Waals surface area contributed by atoms with E-state index in [2.05, 4.69) is 17.0 Å². The van der Waals surface area contributed by atoms with Crippen LogP contribution in [-0.4, -0.2) is 42.1 Å². The molecule has 2 atom stereocenters. The molecule has 1 aliphatic rings. The van der Waals surface area contributed by atoms with Crippen molar-refractivity contribution in [1.29, 1.82) is 0 Å². The molecule has 0 spiro atoms. The molecule has 1 saturated heterocycles. The van der Waals surface area contributed by atoms with Crippen molar-refractivity contribution in [3.63, 3.8) is 0 Å². The summed E-state index contributed by atoms with van der Waals surface area (Å²) in [7, 11) is 0. The standard InChI is InChI=1S/C17H23NO4/c1-13(19)21-11-16-8-9-17(12-22-14(2)20)18(16)10-15-6-4-3-5-7-15/h3-7,16-17H,8-12H2,1-2H3. The smallest absolute Gasteiger partial charge is 0.302 e. The van der Waals surface area contributed by atoms with Crippen molar-refractivity contribution < 1.29 is 19.1 Å². The van der Waals surface area contributed by atoms with Gasteiger partial charge in [-0.05, 0) is 18.4 Å². The van der Waals surface area contributed by atoms with E-state index < -0.39 is 0 Å². The Balaban J connectivity index is 2.03. The Labute approximate surface area is 131 Å². The summed E-state index contributed by atoms with van der Waals surface area (Å²) >= 11 is 0. The van der Waals surface area contributed by atoms with E-state index in [0.717, 1.165) is 19.4 Å². The molecule has 0 N–H and O–H groups in total. The summed E-state index contributed by atoms with van der Waals surface area (Å²) in [5.41, 5.74) is 1.20. The van der Waals surface area contributed by atoms with E-state index in [0.29, 0.717) is 13.2 Å². The third-order valence-electron chi connectivity index (χ3n) is 3.94. The molecule has 1 aromatic carbocycles. The van der Waals surface area contributed by atoms with E-state index in [1.165, 1.54) is 19.4 Å². The third kappa shape index (κ3) is 4.84. The van der Waals surface area contributed by atoms with E-state index >= 15 is 0 Å². The van der Waals surface area contributed by atoms with Gasteiger partial charge in [-0.15, -0.1) is 0 Å². The maximum Gasteiger partial charge on any atom is 0.302 e. The normalized spacial score (nSPS) is 21.5. The van der Waals surface area contributed by atoms with E-state index in [1.54, 1.807) is 0 Å². The van der Waals surface area contributed by atoms with Crippen LogP contribution in [0.4, 0.5) is 0 Å². The van der Waals surface area contributed by atoms with Crippen LogP contribution in [0.2, 0.25) is 0 Å². The van der Waals surface area contributed by atoms with Gasteiger partial charge in [0.15, 0.2) is 0 Å². The van der Waals surface area contributed by atoms with Crippen LogP contribution in [0, 0.1) is 0 Å². The minimum atomic E-state index is -0.261. The van der Waals surface area contributed by atoms with Crippen LogP contribution >= 0.6 is 0 Å². The summed E-state index contributed by atoms with van der Waals surface area (Å²) < 4.78 is 10.4. The second kappa shape index (κ2) is 7.94. The van der Waals surface area contributed by atoms with Gasteiger partial charge in [0.1, 0.15) is 13.2 Å². The van der Waals surface area contributed by atoms with E-state index in [1.807, 2.05) is 18.2 Å². The van der Waals surface area contributed by atoms with Crippen LogP contribution in [0.1, 0.15) is 32.3 Å². The van der Waals surface area contributed by atoms with Gasteiger partial charge in [-0.1, -0.05) is 30.3 Å². The summed E-state index contributed by atoms with van der Waals surface area (Å²) in [6.07, 6.45) is 1.87. The van der Waals surface area contributed by atoms with Crippen LogP contribution in [0.25, 0.3) is 0 Å². The molecule has 5 nitrogen and oxygen atoms in total. The Kier molecular flexibility index (Phi) is 5.95. The molecule has 2 unspecified atom stereocenters. The first kappa shape index (κ1) is 16.5. The van der Waals surface area contributed by atoms with Crippen LogP contribution in [-0.2, 0) is 25.6 Å². The van der Waals surface area contributed by atoms with Crippen molar-refractivity contribution in [3.8, 4) is 0 Å². The summed E-state index contributed by atoms with van der Waals surface area (Å²) in [6, 6.07) is 10.5. The second-order valence-electron chi connectivity index (χ2n) is 5.65. The molecule has 0 aromatic heterocycles. The highest BCUT2D eigenvalue weighted by atomic mass is 16.5. The number of hydrogen-bond donors (Lipinski definition) is 0. The molecule has 0 radical (unpaired) electrons. The molecular weight excluding hydrogens is 282 g/mol. The van der Waals surface area contributed by atoms with Crippen molar-refractivity contribution in [2.75, 3.05) is 13.2 Å². The van der Waals surface area contributed by atoms with Gasteiger partial charge in [-0.3, -0.25) is 14.5 Å². The Morgan fingerprint density at radius 3 is 1.95 bits per heavy atom. The van der Waals surface area contributed by atoms with Crippen LogP contribution in [0.5, 0.6) is 0 Å². The van der Waals surface area contributed by atoms with Gasteiger partial charge in [0.05, 0.1) is 0 Å². The topological polar surface area (TPSA) is 55.8 Å². The third-order valence-corrected chi connectivity index (χ3v) is 3.94. The van der Waals surface area contributed by atoms with Crippen molar-refractivity contribution in [1.82, 2.24) is 4.90 Å². The minimum absolute atomic E-state index is 0.171. The van der Waals surface area contributed by atoms with Crippen molar-refractivity contribution in [2.24, 2.45) is 0 Å². The molecule has 5 heteroatoms.